The third-order valence-corrected chi connectivity index (χ3v) is 1.88. The minimum Gasteiger partial charge on any atom is -0.237 e. The van der Waals surface area contributed by atoms with Crippen LogP contribution in [0.15, 0.2) is 18.7 Å². The van der Waals surface area contributed by atoms with Crippen molar-refractivity contribution < 1.29 is 4.57 Å². The molecule has 0 aliphatic rings. The summed E-state index contributed by atoms with van der Waals surface area (Å²) in [7, 11) is 0. The lowest BCUT2D eigenvalue weighted by Gasteiger charge is -2.00. The maximum Gasteiger partial charge on any atom is 0.243 e. The van der Waals surface area contributed by atoms with Gasteiger partial charge in [-0.1, -0.05) is 13.8 Å². The Bertz CT molecular complexity index is 236. The molecule has 68 valence electrons. The largest absolute Gasteiger partial charge is 0.243 e. The van der Waals surface area contributed by atoms with Crippen LogP contribution in [0.25, 0.3) is 0 Å². The summed E-state index contributed by atoms with van der Waals surface area (Å²) < 4.78 is 4.47. The Morgan fingerprint density at radius 3 is 2.33 bits per heavy atom. The minimum atomic E-state index is 0.568. The van der Waals surface area contributed by atoms with E-state index in [2.05, 4.69) is 55.6 Å². The number of aromatic nitrogens is 2. The Hall–Kier alpha value is -0.790. The normalized spacial score (nSPS) is 11.5. The summed E-state index contributed by atoms with van der Waals surface area (Å²) in [6, 6.07) is 0.568. The van der Waals surface area contributed by atoms with E-state index in [4.69, 9.17) is 0 Å². The summed E-state index contributed by atoms with van der Waals surface area (Å²) in [6.07, 6.45) is 6.44. The van der Waals surface area contributed by atoms with Crippen molar-refractivity contribution in [2.24, 2.45) is 5.92 Å². The van der Waals surface area contributed by atoms with Crippen LogP contribution in [-0.4, -0.2) is 4.57 Å². The molecule has 0 N–H and O–H groups in total. The van der Waals surface area contributed by atoms with Gasteiger partial charge in [-0.05, 0) is 19.8 Å². The monoisotopic (exact) mass is 167 g/mol. The van der Waals surface area contributed by atoms with E-state index in [1.54, 1.807) is 0 Å². The van der Waals surface area contributed by atoms with Gasteiger partial charge in [-0.15, -0.1) is 0 Å². The average Bonchev–Trinajstić information content (AvgIpc) is 2.34. The highest BCUT2D eigenvalue weighted by Gasteiger charge is 2.07. The SMILES string of the molecule is CC(C)Cn1cc[n+](C(C)C)c1. The first-order chi connectivity index (χ1) is 5.59. The van der Waals surface area contributed by atoms with Gasteiger partial charge in [-0.3, -0.25) is 0 Å². The van der Waals surface area contributed by atoms with Gasteiger partial charge >= 0.3 is 0 Å². The molecule has 0 saturated heterocycles. The quantitative estimate of drug-likeness (QED) is 0.609. The van der Waals surface area contributed by atoms with Crippen molar-refractivity contribution in [2.45, 2.75) is 40.3 Å². The van der Waals surface area contributed by atoms with Crippen molar-refractivity contribution in [3.63, 3.8) is 0 Å². The Balaban J connectivity index is 2.64. The summed E-state index contributed by atoms with van der Waals surface area (Å²) in [5, 5.41) is 0. The molecule has 0 saturated carbocycles. The molecule has 0 fully saturated rings. The van der Waals surface area contributed by atoms with Gasteiger partial charge in [-0.2, -0.15) is 0 Å². The van der Waals surface area contributed by atoms with Crippen molar-refractivity contribution in [3.8, 4) is 0 Å². The van der Waals surface area contributed by atoms with Crippen molar-refractivity contribution in [1.82, 2.24) is 4.57 Å². The highest BCUT2D eigenvalue weighted by atomic mass is 15.1. The van der Waals surface area contributed by atoms with Gasteiger partial charge in [0, 0.05) is 0 Å². The van der Waals surface area contributed by atoms with Crippen molar-refractivity contribution >= 4 is 0 Å². The van der Waals surface area contributed by atoms with Crippen molar-refractivity contribution in [1.29, 1.82) is 0 Å². The number of hydrogen-bond acceptors (Lipinski definition) is 0. The molecule has 0 unspecified atom stereocenters. The van der Waals surface area contributed by atoms with Crippen LogP contribution in [0.5, 0.6) is 0 Å². The van der Waals surface area contributed by atoms with Crippen molar-refractivity contribution in [2.75, 3.05) is 0 Å². The van der Waals surface area contributed by atoms with E-state index in [0.29, 0.717) is 6.04 Å². The average molecular weight is 167 g/mol. The molecule has 0 radical (unpaired) electrons. The zero-order chi connectivity index (χ0) is 9.14. The number of nitrogens with zero attached hydrogens (tertiary/aromatic N) is 2. The second kappa shape index (κ2) is 3.74. The van der Waals surface area contributed by atoms with Crippen LogP contribution in [0.1, 0.15) is 33.7 Å². The minimum absolute atomic E-state index is 0.568. The fraction of sp³-hybridized carbons (Fsp3) is 0.700. The lowest BCUT2D eigenvalue weighted by Crippen LogP contribution is -2.33. The van der Waals surface area contributed by atoms with Crippen LogP contribution < -0.4 is 4.57 Å². The Labute approximate surface area is 74.8 Å². The fourth-order valence-electron chi connectivity index (χ4n) is 1.25. The zero-order valence-corrected chi connectivity index (χ0v) is 8.49. The molecule has 2 nitrogen and oxygen atoms in total. The molecule has 0 spiro atoms. The predicted octanol–water partition coefficient (Wildman–Crippen LogP) is 2.01. The number of hydrogen-bond donors (Lipinski definition) is 0. The third-order valence-electron chi connectivity index (χ3n) is 1.88. The van der Waals surface area contributed by atoms with Crippen LogP contribution in [0, 0.1) is 5.92 Å². The lowest BCUT2D eigenvalue weighted by molar-refractivity contribution is -0.715. The first-order valence-electron chi connectivity index (χ1n) is 4.66. The maximum absolute atomic E-state index is 2.24. The summed E-state index contributed by atoms with van der Waals surface area (Å²) in [4.78, 5) is 0. The molecule has 12 heavy (non-hydrogen) atoms. The van der Waals surface area contributed by atoms with Gasteiger partial charge in [-0.25, -0.2) is 9.13 Å². The molecular weight excluding hydrogens is 148 g/mol. The predicted molar refractivity (Wildman–Crippen MR) is 49.9 cm³/mol. The van der Waals surface area contributed by atoms with Crippen molar-refractivity contribution in [3.05, 3.63) is 18.7 Å². The van der Waals surface area contributed by atoms with E-state index < -0.39 is 0 Å². The highest BCUT2D eigenvalue weighted by Crippen LogP contribution is 1.98. The molecule has 0 aliphatic carbocycles. The van der Waals surface area contributed by atoms with Crippen LogP contribution in [0.3, 0.4) is 0 Å². The highest BCUT2D eigenvalue weighted by molar-refractivity contribution is 4.67. The number of imidazole rings is 1. The maximum atomic E-state index is 2.24. The lowest BCUT2D eigenvalue weighted by atomic mass is 10.2. The van der Waals surface area contributed by atoms with E-state index in [1.807, 2.05) is 0 Å². The van der Waals surface area contributed by atoms with E-state index in [0.717, 1.165) is 12.5 Å². The Morgan fingerprint density at radius 2 is 1.92 bits per heavy atom. The molecule has 1 rings (SSSR count). The first-order valence-corrected chi connectivity index (χ1v) is 4.66. The van der Waals surface area contributed by atoms with Gasteiger partial charge in [0.2, 0.25) is 6.33 Å². The van der Waals surface area contributed by atoms with E-state index in [1.165, 1.54) is 0 Å². The van der Waals surface area contributed by atoms with Crippen LogP contribution in [0.2, 0.25) is 0 Å². The van der Waals surface area contributed by atoms with E-state index in [-0.39, 0.29) is 0 Å². The Morgan fingerprint density at radius 1 is 1.25 bits per heavy atom. The number of rotatable bonds is 3. The second-order valence-corrected chi connectivity index (χ2v) is 4.05. The topological polar surface area (TPSA) is 8.81 Å². The fourth-order valence-corrected chi connectivity index (χ4v) is 1.25. The summed E-state index contributed by atoms with van der Waals surface area (Å²) >= 11 is 0. The van der Waals surface area contributed by atoms with Gasteiger partial charge in [0.15, 0.2) is 0 Å². The van der Waals surface area contributed by atoms with Crippen LogP contribution in [-0.2, 0) is 6.54 Å². The Kier molecular flexibility index (Phi) is 2.90. The van der Waals surface area contributed by atoms with Gasteiger partial charge < -0.3 is 0 Å². The molecule has 2 heteroatoms. The molecule has 0 amide bonds. The van der Waals surface area contributed by atoms with E-state index in [9.17, 15) is 0 Å². The summed E-state index contributed by atoms with van der Waals surface area (Å²) in [5.74, 6) is 0.720. The van der Waals surface area contributed by atoms with Gasteiger partial charge in [0.1, 0.15) is 12.4 Å². The first kappa shape index (κ1) is 9.30. The molecule has 1 heterocycles. The summed E-state index contributed by atoms with van der Waals surface area (Å²) in [5.41, 5.74) is 0. The molecular formula is C10H19N2+. The molecule has 1 aromatic rings. The standard InChI is InChI=1S/C10H19N2/c1-9(2)7-11-5-6-12(8-11)10(3)4/h5-6,8-10H,7H2,1-4H3/q+1. The molecule has 1 aromatic heterocycles. The molecule has 0 aromatic carbocycles. The van der Waals surface area contributed by atoms with Gasteiger partial charge in [0.25, 0.3) is 0 Å². The molecule has 0 atom stereocenters. The molecule has 0 bridgehead atoms. The van der Waals surface area contributed by atoms with Gasteiger partial charge in [0.05, 0.1) is 12.6 Å². The zero-order valence-electron chi connectivity index (χ0n) is 8.49. The van der Waals surface area contributed by atoms with Crippen LogP contribution in [0.4, 0.5) is 0 Å². The van der Waals surface area contributed by atoms with E-state index >= 15 is 0 Å². The smallest absolute Gasteiger partial charge is 0.237 e. The summed E-state index contributed by atoms with van der Waals surface area (Å²) in [6.45, 7) is 9.97. The second-order valence-electron chi connectivity index (χ2n) is 4.05. The molecule has 0 aliphatic heterocycles. The van der Waals surface area contributed by atoms with Crippen LogP contribution >= 0.6 is 0 Å². The third kappa shape index (κ3) is 2.36.